The van der Waals surface area contributed by atoms with Crippen molar-refractivity contribution >= 4 is 27.7 Å². The van der Waals surface area contributed by atoms with E-state index in [1.165, 1.54) is 11.3 Å². The van der Waals surface area contributed by atoms with Gasteiger partial charge in [-0.2, -0.15) is 10.5 Å². The van der Waals surface area contributed by atoms with Crippen molar-refractivity contribution in [1.82, 2.24) is 0 Å². The summed E-state index contributed by atoms with van der Waals surface area (Å²) >= 11 is 1.18. The molecule has 0 bridgehead atoms. The van der Waals surface area contributed by atoms with Crippen LogP contribution in [0.4, 0.5) is 16.4 Å². The molecule has 8 heteroatoms. The fourth-order valence-corrected chi connectivity index (χ4v) is 3.54. The van der Waals surface area contributed by atoms with Crippen LogP contribution >= 0.6 is 11.3 Å². The maximum atomic E-state index is 9.31. The lowest BCUT2D eigenvalue weighted by molar-refractivity contribution is 0.0967. The van der Waals surface area contributed by atoms with E-state index in [9.17, 15) is 5.26 Å². The molecular formula is C20H23N5O2S. The zero-order valence-corrected chi connectivity index (χ0v) is 17.1. The predicted molar refractivity (Wildman–Crippen MR) is 110 cm³/mol. The third kappa shape index (κ3) is 5.14. The number of benzene rings is 1. The number of ether oxygens (including phenoxy) is 1. The van der Waals surface area contributed by atoms with Crippen LogP contribution < -0.4 is 4.90 Å². The molecule has 0 aliphatic carbocycles. The van der Waals surface area contributed by atoms with Crippen molar-refractivity contribution in [2.75, 3.05) is 37.8 Å². The number of likely N-dealkylation sites (N-methyl/N-ethyl adjacent to an activating group) is 1. The lowest BCUT2D eigenvalue weighted by atomic mass is 10.1. The molecule has 0 spiro atoms. The number of aryl methyl sites for hydroxylation is 1. The molecule has 0 radical (unpaired) electrons. The summed E-state index contributed by atoms with van der Waals surface area (Å²) in [5.74, 6) is 0. The van der Waals surface area contributed by atoms with E-state index in [-0.39, 0.29) is 6.61 Å². The van der Waals surface area contributed by atoms with Crippen molar-refractivity contribution in [2.45, 2.75) is 20.8 Å². The predicted octanol–water partition coefficient (Wildman–Crippen LogP) is 4.36. The van der Waals surface area contributed by atoms with Gasteiger partial charge in [0.15, 0.2) is 5.00 Å². The Bertz CT molecular complexity index is 924. The van der Waals surface area contributed by atoms with Gasteiger partial charge in [0, 0.05) is 18.8 Å². The smallest absolute Gasteiger partial charge is 0.158 e. The Kier molecular flexibility index (Phi) is 8.09. The molecule has 0 unspecified atom stereocenters. The second-order valence-corrected chi connectivity index (χ2v) is 7.05. The van der Waals surface area contributed by atoms with Crippen LogP contribution in [0.15, 0.2) is 28.4 Å². The average Bonchev–Trinajstić information content (AvgIpc) is 3.01. The summed E-state index contributed by atoms with van der Waals surface area (Å²) in [4.78, 5) is 2.67. The van der Waals surface area contributed by atoms with E-state index < -0.39 is 0 Å². The molecule has 0 amide bonds. The molecule has 146 valence electrons. The number of azo groups is 1. The van der Waals surface area contributed by atoms with Gasteiger partial charge in [-0.15, -0.1) is 21.6 Å². The zero-order valence-electron chi connectivity index (χ0n) is 16.3. The third-order valence-electron chi connectivity index (χ3n) is 4.26. The maximum Gasteiger partial charge on any atom is 0.158 e. The summed E-state index contributed by atoms with van der Waals surface area (Å²) in [6, 6.07) is 10.1. The summed E-state index contributed by atoms with van der Waals surface area (Å²) in [7, 11) is 0. The van der Waals surface area contributed by atoms with E-state index in [4.69, 9.17) is 15.1 Å². The fraction of sp³-hybridized carbons (Fsp3) is 0.400. The normalized spacial score (nSPS) is 10.8. The number of aliphatic hydroxyl groups is 1. The number of nitriles is 2. The molecule has 2 aromatic rings. The van der Waals surface area contributed by atoms with Crippen LogP contribution in [-0.2, 0) is 4.74 Å². The number of nitrogens with zero attached hydrogens (tertiary/aromatic N) is 5. The molecule has 7 nitrogen and oxygen atoms in total. The van der Waals surface area contributed by atoms with Gasteiger partial charge >= 0.3 is 0 Å². The molecule has 0 saturated heterocycles. The Labute approximate surface area is 169 Å². The van der Waals surface area contributed by atoms with E-state index in [1.54, 1.807) is 6.92 Å². The fourth-order valence-electron chi connectivity index (χ4n) is 2.67. The highest BCUT2D eigenvalue weighted by Gasteiger charge is 2.14. The van der Waals surface area contributed by atoms with Crippen LogP contribution in [0, 0.1) is 36.5 Å². The van der Waals surface area contributed by atoms with Crippen LogP contribution in [0.1, 0.15) is 28.5 Å². The molecule has 2 rings (SSSR count). The highest BCUT2D eigenvalue weighted by Crippen LogP contribution is 2.36. The van der Waals surface area contributed by atoms with Crippen LogP contribution in [-0.4, -0.2) is 38.0 Å². The third-order valence-corrected chi connectivity index (χ3v) is 5.34. The van der Waals surface area contributed by atoms with Gasteiger partial charge in [0.05, 0.1) is 31.1 Å². The first-order chi connectivity index (χ1) is 13.5. The summed E-state index contributed by atoms with van der Waals surface area (Å²) in [5.41, 5.74) is 3.79. The second kappa shape index (κ2) is 10.5. The summed E-state index contributed by atoms with van der Waals surface area (Å²) < 4.78 is 5.35. The van der Waals surface area contributed by atoms with Crippen molar-refractivity contribution in [3.05, 3.63) is 39.8 Å². The molecule has 0 saturated carbocycles. The topological polar surface area (TPSA) is 105 Å². The molecule has 1 heterocycles. The molecule has 0 atom stereocenters. The standard InChI is InChI=1S/C20H23N5O2S/c1-4-25(7-9-27-10-8-26)16-5-6-18(14(2)11-16)23-24-20-17(12-21)15(3)19(13-22)28-20/h5-6,11,26H,4,7-10H2,1-3H3. The molecule has 1 N–H and O–H groups in total. The van der Waals surface area contributed by atoms with Crippen LogP contribution in [0.5, 0.6) is 0 Å². The quantitative estimate of drug-likeness (QED) is 0.500. The molecule has 0 aliphatic heterocycles. The lowest BCUT2D eigenvalue weighted by Gasteiger charge is -2.23. The van der Waals surface area contributed by atoms with Gasteiger partial charge in [-0.3, -0.25) is 0 Å². The summed E-state index contributed by atoms with van der Waals surface area (Å²) in [5, 5.41) is 36.2. The maximum absolute atomic E-state index is 9.31. The number of hydrogen-bond acceptors (Lipinski definition) is 8. The molecule has 0 fully saturated rings. The van der Waals surface area contributed by atoms with Gasteiger partial charge in [0.25, 0.3) is 0 Å². The highest BCUT2D eigenvalue weighted by molar-refractivity contribution is 7.16. The van der Waals surface area contributed by atoms with Gasteiger partial charge in [-0.1, -0.05) is 0 Å². The zero-order chi connectivity index (χ0) is 20.5. The minimum absolute atomic E-state index is 0.0259. The number of hydrogen-bond donors (Lipinski definition) is 1. The van der Waals surface area contributed by atoms with Gasteiger partial charge in [-0.05, 0) is 50.1 Å². The van der Waals surface area contributed by atoms with E-state index in [0.717, 1.165) is 24.3 Å². The Hall–Kier alpha value is -2.78. The minimum Gasteiger partial charge on any atom is -0.394 e. The minimum atomic E-state index is 0.0259. The van der Waals surface area contributed by atoms with Crippen molar-refractivity contribution in [3.63, 3.8) is 0 Å². The first kappa shape index (κ1) is 21.5. The SMILES string of the molecule is CCN(CCOCCO)c1ccc(N=Nc2sc(C#N)c(C)c2C#N)c(C)c1. The summed E-state index contributed by atoms with van der Waals surface area (Å²) in [6.07, 6.45) is 0. The Morgan fingerprint density at radius 1 is 1.18 bits per heavy atom. The van der Waals surface area contributed by atoms with E-state index in [0.29, 0.717) is 39.9 Å². The number of rotatable bonds is 9. The van der Waals surface area contributed by atoms with Gasteiger partial charge in [0.2, 0.25) is 0 Å². The number of thiophene rings is 1. The largest absolute Gasteiger partial charge is 0.394 e. The second-order valence-electron chi connectivity index (χ2n) is 6.05. The molecule has 1 aromatic heterocycles. The van der Waals surface area contributed by atoms with E-state index in [1.807, 2.05) is 25.1 Å². The van der Waals surface area contributed by atoms with Crippen LogP contribution in [0.2, 0.25) is 0 Å². The molecular weight excluding hydrogens is 374 g/mol. The van der Waals surface area contributed by atoms with Crippen molar-refractivity contribution in [3.8, 4) is 12.1 Å². The van der Waals surface area contributed by atoms with E-state index >= 15 is 0 Å². The van der Waals surface area contributed by atoms with Crippen molar-refractivity contribution in [2.24, 2.45) is 10.2 Å². The highest BCUT2D eigenvalue weighted by atomic mass is 32.1. The first-order valence-electron chi connectivity index (χ1n) is 8.95. The Morgan fingerprint density at radius 3 is 2.57 bits per heavy atom. The molecule has 28 heavy (non-hydrogen) atoms. The average molecular weight is 398 g/mol. The number of anilines is 1. The van der Waals surface area contributed by atoms with Crippen molar-refractivity contribution in [1.29, 1.82) is 10.5 Å². The van der Waals surface area contributed by atoms with Crippen LogP contribution in [0.3, 0.4) is 0 Å². The van der Waals surface area contributed by atoms with Crippen LogP contribution in [0.25, 0.3) is 0 Å². The van der Waals surface area contributed by atoms with Gasteiger partial charge in [0.1, 0.15) is 17.0 Å². The number of aliphatic hydroxyl groups excluding tert-OH is 1. The Morgan fingerprint density at radius 2 is 1.96 bits per heavy atom. The Balaban J connectivity index is 2.18. The van der Waals surface area contributed by atoms with E-state index in [2.05, 4.69) is 34.2 Å². The molecule has 0 aliphatic rings. The first-order valence-corrected chi connectivity index (χ1v) is 9.76. The monoisotopic (exact) mass is 397 g/mol. The summed E-state index contributed by atoms with van der Waals surface area (Å²) in [6.45, 7) is 8.26. The lowest BCUT2D eigenvalue weighted by Crippen LogP contribution is -2.27. The van der Waals surface area contributed by atoms with Gasteiger partial charge in [-0.25, -0.2) is 0 Å². The van der Waals surface area contributed by atoms with Crippen molar-refractivity contribution < 1.29 is 9.84 Å². The van der Waals surface area contributed by atoms with Gasteiger partial charge < -0.3 is 14.7 Å². The molecule has 1 aromatic carbocycles.